The van der Waals surface area contributed by atoms with Gasteiger partial charge in [0.2, 0.25) is 5.88 Å². The van der Waals surface area contributed by atoms with Gasteiger partial charge in [-0.2, -0.15) is 0 Å². The van der Waals surface area contributed by atoms with Crippen molar-refractivity contribution in [2.75, 3.05) is 12.0 Å². The first kappa shape index (κ1) is 21.0. The Kier molecular flexibility index (Phi) is 5.02. The zero-order valence-electron chi connectivity index (χ0n) is 18.2. The van der Waals surface area contributed by atoms with Crippen molar-refractivity contribution in [3.05, 3.63) is 92.7 Å². The van der Waals surface area contributed by atoms with E-state index >= 15 is 0 Å². The average Bonchev–Trinajstić information content (AvgIpc) is 3.36. The van der Waals surface area contributed by atoms with Crippen LogP contribution in [0.3, 0.4) is 0 Å². The molecule has 1 amide bonds. The SMILES string of the molecule is COc1ccc(-c2nc3c([nH]2)C(c2ccc(Cl)cc2)N(c2cc(C)c(=O)n(C)c2)C3=O)cn1. The number of rotatable bonds is 4. The predicted octanol–water partition coefficient (Wildman–Crippen LogP) is 3.89. The number of H-pyrrole nitrogens is 1. The van der Waals surface area contributed by atoms with Crippen molar-refractivity contribution in [3.63, 3.8) is 0 Å². The number of carbonyl (C=O) groups excluding carboxylic acids is 1. The molecule has 0 saturated heterocycles. The Morgan fingerprint density at radius 2 is 1.88 bits per heavy atom. The van der Waals surface area contributed by atoms with E-state index in [0.717, 1.165) is 11.1 Å². The van der Waals surface area contributed by atoms with Crippen LogP contribution in [0.25, 0.3) is 11.4 Å². The fourth-order valence-electron chi connectivity index (χ4n) is 4.10. The van der Waals surface area contributed by atoms with E-state index in [2.05, 4.69) is 15.0 Å². The molecule has 0 aliphatic carbocycles. The number of imidazole rings is 1. The molecule has 8 nitrogen and oxygen atoms in total. The standard InChI is InChI=1S/C24H20ClN5O3/c1-13-10-17(12-29(2)23(13)31)30-21(14-4-7-16(25)8-5-14)19-20(24(30)32)28-22(27-19)15-6-9-18(33-3)26-11-15/h4-12,21H,1-3H3,(H,27,28). The number of benzene rings is 1. The summed E-state index contributed by atoms with van der Waals surface area (Å²) < 4.78 is 6.60. The number of carbonyl (C=O) groups is 1. The normalized spacial score (nSPS) is 15.1. The molecule has 0 bridgehead atoms. The fraction of sp³-hybridized carbons (Fsp3) is 0.167. The van der Waals surface area contributed by atoms with Gasteiger partial charge in [-0.1, -0.05) is 23.7 Å². The summed E-state index contributed by atoms with van der Waals surface area (Å²) in [6, 6.07) is 12.2. The number of methoxy groups -OCH3 is 1. The number of halogens is 1. The van der Waals surface area contributed by atoms with Crippen LogP contribution in [0.15, 0.2) is 59.7 Å². The molecule has 1 N–H and O–H groups in total. The van der Waals surface area contributed by atoms with Crippen molar-refractivity contribution in [3.8, 4) is 17.3 Å². The van der Waals surface area contributed by atoms with Crippen LogP contribution in [0.2, 0.25) is 5.02 Å². The second kappa shape index (κ2) is 7.90. The van der Waals surface area contributed by atoms with Gasteiger partial charge in [-0.25, -0.2) is 9.97 Å². The topological polar surface area (TPSA) is 93.1 Å². The molecule has 3 aromatic heterocycles. The molecular weight excluding hydrogens is 442 g/mol. The molecule has 0 saturated carbocycles. The number of aromatic nitrogens is 4. The molecule has 33 heavy (non-hydrogen) atoms. The maximum Gasteiger partial charge on any atom is 0.279 e. The lowest BCUT2D eigenvalue weighted by Gasteiger charge is -2.26. The molecule has 1 atom stereocenters. The van der Waals surface area contributed by atoms with E-state index in [1.54, 1.807) is 62.6 Å². The molecule has 0 radical (unpaired) electrons. The van der Waals surface area contributed by atoms with Crippen LogP contribution < -0.4 is 15.2 Å². The van der Waals surface area contributed by atoms with E-state index in [0.29, 0.717) is 39.4 Å². The number of pyridine rings is 2. The fourth-order valence-corrected chi connectivity index (χ4v) is 4.23. The van der Waals surface area contributed by atoms with E-state index in [1.165, 1.54) is 4.57 Å². The molecule has 0 spiro atoms. The van der Waals surface area contributed by atoms with Crippen LogP contribution in [-0.4, -0.2) is 32.5 Å². The van der Waals surface area contributed by atoms with Crippen molar-refractivity contribution < 1.29 is 9.53 Å². The molecule has 0 fully saturated rings. The second-order valence-electron chi connectivity index (χ2n) is 7.86. The van der Waals surface area contributed by atoms with Gasteiger partial charge >= 0.3 is 0 Å². The number of nitrogens with zero attached hydrogens (tertiary/aromatic N) is 4. The highest BCUT2D eigenvalue weighted by Gasteiger charge is 2.42. The predicted molar refractivity (Wildman–Crippen MR) is 125 cm³/mol. The second-order valence-corrected chi connectivity index (χ2v) is 8.30. The highest BCUT2D eigenvalue weighted by atomic mass is 35.5. The quantitative estimate of drug-likeness (QED) is 0.497. The molecule has 5 rings (SSSR count). The lowest BCUT2D eigenvalue weighted by atomic mass is 10.0. The summed E-state index contributed by atoms with van der Waals surface area (Å²) >= 11 is 6.11. The van der Waals surface area contributed by atoms with Gasteiger partial charge in [0.1, 0.15) is 11.9 Å². The summed E-state index contributed by atoms with van der Waals surface area (Å²) in [7, 11) is 3.22. The smallest absolute Gasteiger partial charge is 0.279 e. The molecule has 1 aromatic carbocycles. The van der Waals surface area contributed by atoms with E-state index in [4.69, 9.17) is 16.3 Å². The van der Waals surface area contributed by atoms with Crippen LogP contribution in [0.4, 0.5) is 5.69 Å². The Morgan fingerprint density at radius 1 is 1.12 bits per heavy atom. The van der Waals surface area contributed by atoms with Crippen LogP contribution >= 0.6 is 11.6 Å². The Labute approximate surface area is 194 Å². The highest BCUT2D eigenvalue weighted by Crippen LogP contribution is 2.41. The van der Waals surface area contributed by atoms with E-state index in [1.807, 2.05) is 18.2 Å². The van der Waals surface area contributed by atoms with E-state index in [-0.39, 0.29) is 11.5 Å². The molecule has 4 aromatic rings. The lowest BCUT2D eigenvalue weighted by molar-refractivity contribution is 0.0989. The molecular formula is C24H20ClN5O3. The number of ether oxygens (including phenoxy) is 1. The van der Waals surface area contributed by atoms with Gasteiger partial charge in [0.05, 0.1) is 18.5 Å². The first-order valence-electron chi connectivity index (χ1n) is 10.2. The van der Waals surface area contributed by atoms with Crippen LogP contribution in [0.5, 0.6) is 5.88 Å². The van der Waals surface area contributed by atoms with Gasteiger partial charge in [0.15, 0.2) is 5.69 Å². The number of anilines is 1. The molecule has 9 heteroatoms. The average molecular weight is 462 g/mol. The largest absolute Gasteiger partial charge is 0.481 e. The van der Waals surface area contributed by atoms with Gasteiger partial charge in [0.25, 0.3) is 11.5 Å². The van der Waals surface area contributed by atoms with Crippen LogP contribution in [-0.2, 0) is 7.05 Å². The summed E-state index contributed by atoms with van der Waals surface area (Å²) in [4.78, 5) is 39.6. The third-order valence-electron chi connectivity index (χ3n) is 5.72. The number of aryl methyl sites for hydroxylation is 2. The third kappa shape index (κ3) is 3.48. The molecule has 166 valence electrons. The first-order chi connectivity index (χ1) is 15.9. The third-order valence-corrected chi connectivity index (χ3v) is 5.97. The minimum Gasteiger partial charge on any atom is -0.481 e. The van der Waals surface area contributed by atoms with Gasteiger partial charge in [-0.05, 0) is 36.8 Å². The zero-order chi connectivity index (χ0) is 23.3. The van der Waals surface area contributed by atoms with Crippen LogP contribution in [0.1, 0.15) is 33.4 Å². The first-order valence-corrected chi connectivity index (χ1v) is 10.6. The minimum atomic E-state index is -0.464. The van der Waals surface area contributed by atoms with E-state index < -0.39 is 6.04 Å². The lowest BCUT2D eigenvalue weighted by Crippen LogP contribution is -2.31. The number of hydrogen-bond donors (Lipinski definition) is 1. The van der Waals surface area contributed by atoms with Gasteiger partial charge in [0, 0.05) is 41.7 Å². The number of nitrogens with one attached hydrogen (secondary N) is 1. The van der Waals surface area contributed by atoms with Gasteiger partial charge < -0.3 is 14.3 Å². The maximum absolute atomic E-state index is 13.6. The molecule has 1 unspecified atom stereocenters. The summed E-state index contributed by atoms with van der Waals surface area (Å²) in [5.74, 6) is 0.773. The minimum absolute atomic E-state index is 0.112. The molecule has 4 heterocycles. The molecule has 1 aliphatic rings. The van der Waals surface area contributed by atoms with Crippen molar-refractivity contribution in [1.29, 1.82) is 0 Å². The highest BCUT2D eigenvalue weighted by molar-refractivity contribution is 6.30. The number of aromatic amines is 1. The van der Waals surface area contributed by atoms with Crippen molar-refractivity contribution in [2.24, 2.45) is 7.05 Å². The summed E-state index contributed by atoms with van der Waals surface area (Å²) in [5, 5.41) is 0.599. The van der Waals surface area contributed by atoms with Crippen molar-refractivity contribution >= 4 is 23.2 Å². The van der Waals surface area contributed by atoms with E-state index in [9.17, 15) is 9.59 Å². The molecule has 1 aliphatic heterocycles. The monoisotopic (exact) mass is 461 g/mol. The summed E-state index contributed by atoms with van der Waals surface area (Å²) in [6.07, 6.45) is 3.30. The Morgan fingerprint density at radius 3 is 2.52 bits per heavy atom. The number of fused-ring (bicyclic) bond motifs is 1. The zero-order valence-corrected chi connectivity index (χ0v) is 18.9. The number of hydrogen-bond acceptors (Lipinski definition) is 5. The van der Waals surface area contributed by atoms with Crippen LogP contribution in [0, 0.1) is 6.92 Å². The van der Waals surface area contributed by atoms with Crippen molar-refractivity contribution in [2.45, 2.75) is 13.0 Å². The maximum atomic E-state index is 13.6. The Hall–Kier alpha value is -3.91. The Bertz CT molecular complexity index is 1400. The summed E-state index contributed by atoms with van der Waals surface area (Å²) in [6.45, 7) is 1.73. The van der Waals surface area contributed by atoms with Crippen molar-refractivity contribution in [1.82, 2.24) is 19.5 Å². The summed E-state index contributed by atoms with van der Waals surface area (Å²) in [5.41, 5.74) is 3.63. The van der Waals surface area contributed by atoms with Gasteiger partial charge in [-0.3, -0.25) is 14.5 Å². The van der Waals surface area contributed by atoms with Gasteiger partial charge in [-0.15, -0.1) is 0 Å². The Balaban J connectivity index is 1.65. The number of amides is 1.